The number of rotatable bonds is 8. The fraction of sp³-hybridized carbons (Fsp3) is 0.667. The molecule has 1 aromatic carbocycles. The number of hydrogen-bond donors (Lipinski definition) is 2. The van der Waals surface area contributed by atoms with E-state index in [0.29, 0.717) is 64.6 Å². The van der Waals surface area contributed by atoms with Gasteiger partial charge in [-0.3, -0.25) is 4.79 Å². The van der Waals surface area contributed by atoms with Crippen molar-refractivity contribution < 1.29 is 52.4 Å². The summed E-state index contributed by atoms with van der Waals surface area (Å²) in [6, 6.07) is 7.88. The molecular weight excluding hydrogens is 600 g/mol. The number of hydrogen-bond acceptors (Lipinski definition) is 11. The van der Waals surface area contributed by atoms with Crippen LogP contribution in [0.4, 0.5) is 9.59 Å². The fourth-order valence-corrected chi connectivity index (χ4v) is 5.81. The van der Waals surface area contributed by atoms with Crippen molar-refractivity contribution in [2.45, 2.75) is 102 Å². The number of ketones is 1. The van der Waals surface area contributed by atoms with Gasteiger partial charge in [0, 0.05) is 25.7 Å². The highest BCUT2D eigenvalue weighted by atomic mass is 16.7. The molecule has 1 aromatic rings. The van der Waals surface area contributed by atoms with Crippen molar-refractivity contribution in [1.82, 2.24) is 10.6 Å². The van der Waals surface area contributed by atoms with Crippen molar-refractivity contribution in [2.75, 3.05) is 27.4 Å². The van der Waals surface area contributed by atoms with E-state index in [1.807, 2.05) is 30.3 Å². The second-order valence-electron chi connectivity index (χ2n) is 12.7. The molecule has 0 bridgehead atoms. The monoisotopic (exact) mass is 648 g/mol. The maximum Gasteiger partial charge on any atom is 0.408 e. The summed E-state index contributed by atoms with van der Waals surface area (Å²) >= 11 is 0. The third kappa shape index (κ3) is 11.6. The van der Waals surface area contributed by atoms with Gasteiger partial charge in [-0.25, -0.2) is 19.2 Å². The van der Waals surface area contributed by atoms with Gasteiger partial charge in [0.2, 0.25) is 0 Å². The number of esters is 2. The predicted molar refractivity (Wildman–Crippen MR) is 164 cm³/mol. The highest BCUT2D eigenvalue weighted by molar-refractivity contribution is 5.83. The molecule has 1 spiro atoms. The normalized spacial score (nSPS) is 19.5. The Morgan fingerprint density at radius 1 is 0.826 bits per heavy atom. The molecule has 3 fully saturated rings. The lowest BCUT2D eigenvalue weighted by Gasteiger charge is -2.37. The Morgan fingerprint density at radius 3 is 1.83 bits per heavy atom. The van der Waals surface area contributed by atoms with Crippen LogP contribution >= 0.6 is 0 Å². The summed E-state index contributed by atoms with van der Waals surface area (Å²) in [6.45, 7) is 6.61. The molecule has 2 atom stereocenters. The molecule has 46 heavy (non-hydrogen) atoms. The first-order valence-corrected chi connectivity index (χ1v) is 15.8. The number of methoxy groups -OCH3 is 2. The van der Waals surface area contributed by atoms with Crippen molar-refractivity contribution in [3.05, 3.63) is 35.9 Å². The van der Waals surface area contributed by atoms with Crippen LogP contribution in [0.15, 0.2) is 30.3 Å². The van der Waals surface area contributed by atoms with Crippen LogP contribution in [0.1, 0.15) is 77.7 Å². The Morgan fingerprint density at radius 2 is 1.33 bits per heavy atom. The van der Waals surface area contributed by atoms with E-state index in [1.165, 1.54) is 14.2 Å². The average molecular weight is 649 g/mol. The lowest BCUT2D eigenvalue weighted by atomic mass is 9.80. The van der Waals surface area contributed by atoms with Gasteiger partial charge in [0.15, 0.2) is 5.79 Å². The van der Waals surface area contributed by atoms with Crippen LogP contribution in [-0.4, -0.2) is 80.8 Å². The topological polar surface area (TPSA) is 165 Å². The van der Waals surface area contributed by atoms with Gasteiger partial charge in [0.1, 0.15) is 30.1 Å². The summed E-state index contributed by atoms with van der Waals surface area (Å²) in [7, 11) is 2.60. The number of Topliss-reactive ketones (excluding diaryl/α,β-unsaturated/α-hetero) is 1. The van der Waals surface area contributed by atoms with E-state index in [4.69, 9.17) is 28.4 Å². The summed E-state index contributed by atoms with van der Waals surface area (Å²) < 4.78 is 31.4. The Hall–Kier alpha value is -3.71. The first kappa shape index (κ1) is 36.8. The van der Waals surface area contributed by atoms with Crippen LogP contribution in [-0.2, 0) is 49.4 Å². The molecule has 0 unspecified atom stereocenters. The number of nitrogens with one attached hydrogen (secondary N) is 2. The molecule has 1 heterocycles. The van der Waals surface area contributed by atoms with Gasteiger partial charge in [0.25, 0.3) is 0 Å². The predicted octanol–water partition coefficient (Wildman–Crippen LogP) is 4.20. The highest BCUT2D eigenvalue weighted by Crippen LogP contribution is 2.39. The quantitative estimate of drug-likeness (QED) is 0.307. The molecule has 13 heteroatoms. The summed E-state index contributed by atoms with van der Waals surface area (Å²) in [6.07, 6.45) is 3.57. The maximum absolute atomic E-state index is 12.2. The third-order valence-corrected chi connectivity index (χ3v) is 8.20. The van der Waals surface area contributed by atoms with E-state index in [1.54, 1.807) is 20.8 Å². The Labute approximate surface area is 270 Å². The van der Waals surface area contributed by atoms with Crippen LogP contribution in [0.2, 0.25) is 0 Å². The lowest BCUT2D eigenvalue weighted by Crippen LogP contribution is -2.49. The third-order valence-electron chi connectivity index (χ3n) is 8.20. The van der Waals surface area contributed by atoms with Gasteiger partial charge in [-0.1, -0.05) is 30.3 Å². The second-order valence-corrected chi connectivity index (χ2v) is 12.7. The van der Waals surface area contributed by atoms with E-state index in [0.717, 1.165) is 5.56 Å². The zero-order valence-electron chi connectivity index (χ0n) is 27.5. The summed E-state index contributed by atoms with van der Waals surface area (Å²) in [4.78, 5) is 59.2. The van der Waals surface area contributed by atoms with Crippen molar-refractivity contribution in [1.29, 1.82) is 0 Å². The molecule has 0 aromatic heterocycles. The van der Waals surface area contributed by atoms with E-state index < -0.39 is 47.6 Å². The van der Waals surface area contributed by atoms with Gasteiger partial charge in [0.05, 0.1) is 27.4 Å². The largest absolute Gasteiger partial charge is 0.467 e. The Bertz CT molecular complexity index is 1160. The smallest absolute Gasteiger partial charge is 0.408 e. The lowest BCUT2D eigenvalue weighted by molar-refractivity contribution is -0.185. The number of ether oxygens (including phenoxy) is 6. The van der Waals surface area contributed by atoms with Gasteiger partial charge < -0.3 is 39.1 Å². The minimum atomic E-state index is -0.761. The summed E-state index contributed by atoms with van der Waals surface area (Å²) in [5.41, 5.74) is 0.250. The number of alkyl carbamates (subject to hydrolysis) is 2. The van der Waals surface area contributed by atoms with Crippen LogP contribution in [0, 0.1) is 11.8 Å². The molecule has 2 N–H and O–H groups in total. The van der Waals surface area contributed by atoms with Crippen molar-refractivity contribution in [2.24, 2.45) is 11.8 Å². The molecule has 256 valence electrons. The molecule has 3 aliphatic rings. The first-order chi connectivity index (χ1) is 21.8. The molecule has 13 nitrogen and oxygen atoms in total. The van der Waals surface area contributed by atoms with Gasteiger partial charge >= 0.3 is 24.1 Å². The van der Waals surface area contributed by atoms with Crippen molar-refractivity contribution >= 4 is 29.9 Å². The number of carbonyl (C=O) groups is 5. The summed E-state index contributed by atoms with van der Waals surface area (Å²) in [5, 5.41) is 5.23. The standard InChI is InChI=1S/C19H25NO6.C14H23NO5/c1-23-17(21)16(15-7-9-19(10-8-15)25-11-12-26-19)20-18(22)24-13-14-5-3-2-4-6-14;1-14(2,3)20-13(18)15-11(12(17)19-4)9-5-7-10(16)8-6-9/h2-6,15-16H,7-13H2,1H3,(H,20,22);9,11H,5-8H2,1-4H3,(H,15,18)/t16-;11-/m00/s1. The van der Waals surface area contributed by atoms with E-state index in [-0.39, 0.29) is 24.2 Å². The number of amides is 2. The molecule has 0 radical (unpaired) electrons. The van der Waals surface area contributed by atoms with Crippen LogP contribution in [0.3, 0.4) is 0 Å². The zero-order valence-corrected chi connectivity index (χ0v) is 27.5. The SMILES string of the molecule is COC(=O)[C@@H](NC(=O)OC(C)(C)C)C1CCC(=O)CC1.COC(=O)[C@@H](NC(=O)OCc1ccccc1)C1CCC2(CC1)OCCO2. The van der Waals surface area contributed by atoms with Crippen molar-refractivity contribution in [3.8, 4) is 0 Å². The average Bonchev–Trinajstić information content (AvgIpc) is 3.49. The molecule has 1 aliphatic heterocycles. The van der Waals surface area contributed by atoms with Gasteiger partial charge in [-0.15, -0.1) is 0 Å². The summed E-state index contributed by atoms with van der Waals surface area (Å²) in [5.74, 6) is -1.41. The van der Waals surface area contributed by atoms with E-state index in [2.05, 4.69) is 10.6 Å². The van der Waals surface area contributed by atoms with Gasteiger partial charge in [-0.05, 0) is 63.9 Å². The van der Waals surface area contributed by atoms with E-state index in [9.17, 15) is 24.0 Å². The van der Waals surface area contributed by atoms with Crippen LogP contribution < -0.4 is 10.6 Å². The zero-order chi connectivity index (χ0) is 33.7. The number of benzene rings is 1. The minimum absolute atomic E-state index is 0.0369. The molecule has 2 saturated carbocycles. The fourth-order valence-electron chi connectivity index (χ4n) is 5.81. The van der Waals surface area contributed by atoms with Crippen LogP contribution in [0.5, 0.6) is 0 Å². The Kier molecular flexibility index (Phi) is 13.8. The molecule has 1 saturated heterocycles. The van der Waals surface area contributed by atoms with Crippen molar-refractivity contribution in [3.63, 3.8) is 0 Å². The maximum atomic E-state index is 12.2. The molecule has 2 amide bonds. The highest BCUT2D eigenvalue weighted by Gasteiger charge is 2.44. The minimum Gasteiger partial charge on any atom is -0.467 e. The molecule has 2 aliphatic carbocycles. The number of carbonyl (C=O) groups excluding carboxylic acids is 5. The first-order valence-electron chi connectivity index (χ1n) is 15.8. The van der Waals surface area contributed by atoms with Crippen LogP contribution in [0.25, 0.3) is 0 Å². The Balaban J connectivity index is 0.000000260. The molecule has 4 rings (SSSR count). The second kappa shape index (κ2) is 17.3. The van der Waals surface area contributed by atoms with Gasteiger partial charge in [-0.2, -0.15) is 0 Å². The molecular formula is C33H48N2O11. The van der Waals surface area contributed by atoms with E-state index >= 15 is 0 Å².